The minimum atomic E-state index is -0.383. The molecule has 0 saturated heterocycles. The lowest BCUT2D eigenvalue weighted by molar-refractivity contribution is -0.132. The van der Waals surface area contributed by atoms with E-state index in [1.165, 1.54) is 11.3 Å². The molecule has 0 atom stereocenters. The van der Waals surface area contributed by atoms with Crippen molar-refractivity contribution >= 4 is 39.1 Å². The summed E-state index contributed by atoms with van der Waals surface area (Å²) >= 11 is 4.56. The van der Waals surface area contributed by atoms with Crippen LogP contribution in [0.1, 0.15) is 16.6 Å². The van der Waals surface area contributed by atoms with Gasteiger partial charge in [-0.15, -0.1) is 11.3 Å². The van der Waals surface area contributed by atoms with E-state index in [4.69, 9.17) is 0 Å². The van der Waals surface area contributed by atoms with E-state index in [2.05, 4.69) is 31.6 Å². The van der Waals surface area contributed by atoms with Gasteiger partial charge in [-0.1, -0.05) is 0 Å². The van der Waals surface area contributed by atoms with Crippen molar-refractivity contribution < 1.29 is 14.4 Å². The predicted octanol–water partition coefficient (Wildman–Crippen LogP) is 1.31. The third-order valence-electron chi connectivity index (χ3n) is 1.54. The van der Waals surface area contributed by atoms with Crippen molar-refractivity contribution in [1.82, 2.24) is 10.8 Å². The lowest BCUT2D eigenvalue weighted by atomic mass is 10.4. The van der Waals surface area contributed by atoms with Gasteiger partial charge in [-0.05, 0) is 35.0 Å². The van der Waals surface area contributed by atoms with E-state index in [0.29, 0.717) is 11.5 Å². The zero-order valence-corrected chi connectivity index (χ0v) is 11.0. The third-order valence-corrected chi connectivity index (χ3v) is 3.16. The van der Waals surface area contributed by atoms with Crippen LogP contribution in [-0.4, -0.2) is 25.0 Å². The van der Waals surface area contributed by atoms with Gasteiger partial charge in [0.2, 0.25) is 0 Å². The van der Waals surface area contributed by atoms with E-state index >= 15 is 0 Å². The summed E-state index contributed by atoms with van der Waals surface area (Å²) < 4.78 is 0.872. The van der Waals surface area contributed by atoms with Gasteiger partial charge in [0.25, 0.3) is 11.8 Å². The van der Waals surface area contributed by atoms with Crippen LogP contribution in [-0.2, 0) is 9.63 Å². The van der Waals surface area contributed by atoms with Crippen molar-refractivity contribution in [2.75, 3.05) is 13.2 Å². The first-order valence-electron chi connectivity index (χ1n) is 4.57. The Morgan fingerprint density at radius 3 is 2.81 bits per heavy atom. The molecule has 0 radical (unpaired) electrons. The number of hydrogen-bond acceptors (Lipinski definition) is 4. The topological polar surface area (TPSA) is 67.4 Å². The van der Waals surface area contributed by atoms with Crippen LogP contribution in [0.2, 0.25) is 0 Å². The highest BCUT2D eigenvalue weighted by molar-refractivity contribution is 9.11. The van der Waals surface area contributed by atoms with Crippen LogP contribution in [0.25, 0.3) is 0 Å². The van der Waals surface area contributed by atoms with Crippen LogP contribution in [0.4, 0.5) is 0 Å². The summed E-state index contributed by atoms with van der Waals surface area (Å²) in [5, 5.41) is 2.48. The number of carbonyl (C=O) groups is 2. The smallest absolute Gasteiger partial charge is 0.262 e. The number of hydrogen-bond donors (Lipinski definition) is 2. The van der Waals surface area contributed by atoms with Crippen molar-refractivity contribution in [3.05, 3.63) is 20.8 Å². The average molecular weight is 307 g/mol. The molecule has 0 aliphatic rings. The molecule has 2 N–H and O–H groups in total. The molecule has 88 valence electrons. The maximum atomic E-state index is 11.5. The van der Waals surface area contributed by atoms with Gasteiger partial charge in [0.05, 0.1) is 21.8 Å². The second-order valence-electron chi connectivity index (χ2n) is 2.74. The lowest BCUT2D eigenvalue weighted by Crippen LogP contribution is -2.36. The summed E-state index contributed by atoms with van der Waals surface area (Å²) in [6, 6.07) is 3.46. The van der Waals surface area contributed by atoms with E-state index in [-0.39, 0.29) is 18.4 Å². The highest BCUT2D eigenvalue weighted by Gasteiger charge is 2.09. The highest BCUT2D eigenvalue weighted by atomic mass is 79.9. The maximum Gasteiger partial charge on any atom is 0.262 e. The number of rotatable bonds is 5. The van der Waals surface area contributed by atoms with Gasteiger partial charge in [-0.25, -0.2) is 5.48 Å². The first kappa shape index (κ1) is 13.1. The zero-order valence-electron chi connectivity index (χ0n) is 8.58. The van der Waals surface area contributed by atoms with Crippen LogP contribution in [0.3, 0.4) is 0 Å². The third kappa shape index (κ3) is 4.30. The molecule has 1 heterocycles. The van der Waals surface area contributed by atoms with Crippen molar-refractivity contribution in [3.63, 3.8) is 0 Å². The fraction of sp³-hybridized carbons (Fsp3) is 0.333. The summed E-state index contributed by atoms with van der Waals surface area (Å²) in [6.07, 6.45) is 0. The second kappa shape index (κ2) is 6.62. The molecule has 0 unspecified atom stereocenters. The molecule has 0 aliphatic heterocycles. The molecule has 1 aromatic heterocycles. The quantitative estimate of drug-likeness (QED) is 0.806. The van der Waals surface area contributed by atoms with E-state index in [1.807, 2.05) is 0 Å². The molecule has 16 heavy (non-hydrogen) atoms. The van der Waals surface area contributed by atoms with E-state index in [0.717, 1.165) is 3.79 Å². The van der Waals surface area contributed by atoms with Gasteiger partial charge in [0.1, 0.15) is 0 Å². The first-order chi connectivity index (χ1) is 7.63. The molecule has 1 rings (SSSR count). The zero-order chi connectivity index (χ0) is 12.0. The molecule has 5 nitrogen and oxygen atoms in total. The minimum absolute atomic E-state index is 0.103. The Kier molecular flexibility index (Phi) is 5.44. The van der Waals surface area contributed by atoms with Gasteiger partial charge in [0, 0.05) is 0 Å². The number of hydroxylamine groups is 1. The SMILES string of the molecule is CCONC(=O)CNC(=O)c1ccc(Br)s1. The summed E-state index contributed by atoms with van der Waals surface area (Å²) in [7, 11) is 0. The molecule has 1 aromatic rings. The van der Waals surface area contributed by atoms with E-state index < -0.39 is 0 Å². The van der Waals surface area contributed by atoms with Gasteiger partial charge < -0.3 is 5.32 Å². The Bertz CT molecular complexity index is 381. The first-order valence-corrected chi connectivity index (χ1v) is 6.18. The fourth-order valence-electron chi connectivity index (χ4n) is 0.873. The summed E-state index contributed by atoms with van der Waals surface area (Å²) in [5.41, 5.74) is 2.18. The molecule has 0 aliphatic carbocycles. The van der Waals surface area contributed by atoms with Gasteiger partial charge >= 0.3 is 0 Å². The molecule has 0 fully saturated rings. The molecular weight excluding hydrogens is 296 g/mol. The summed E-state index contributed by atoms with van der Waals surface area (Å²) in [5.74, 6) is -0.659. The summed E-state index contributed by atoms with van der Waals surface area (Å²) in [6.45, 7) is 2.04. The van der Waals surface area contributed by atoms with Gasteiger partial charge in [0.15, 0.2) is 0 Å². The van der Waals surface area contributed by atoms with Gasteiger partial charge in [-0.3, -0.25) is 14.4 Å². The monoisotopic (exact) mass is 306 g/mol. The Hall–Kier alpha value is -0.920. The van der Waals surface area contributed by atoms with Crippen LogP contribution in [0.5, 0.6) is 0 Å². The number of nitrogens with one attached hydrogen (secondary N) is 2. The molecular formula is C9H11BrN2O3S. The van der Waals surface area contributed by atoms with Gasteiger partial charge in [-0.2, -0.15) is 0 Å². The predicted molar refractivity (Wildman–Crippen MR) is 64.1 cm³/mol. The second-order valence-corrected chi connectivity index (χ2v) is 5.21. The maximum absolute atomic E-state index is 11.5. The molecule has 0 aromatic carbocycles. The lowest BCUT2D eigenvalue weighted by Gasteiger charge is -2.04. The van der Waals surface area contributed by atoms with Crippen LogP contribution < -0.4 is 10.8 Å². The van der Waals surface area contributed by atoms with E-state index in [9.17, 15) is 9.59 Å². The number of amides is 2. The average Bonchev–Trinajstić information content (AvgIpc) is 2.69. The molecule has 2 amide bonds. The van der Waals surface area contributed by atoms with Crippen molar-refractivity contribution in [2.24, 2.45) is 0 Å². The number of carbonyl (C=O) groups excluding carboxylic acids is 2. The fourth-order valence-corrected chi connectivity index (χ4v) is 2.18. The Morgan fingerprint density at radius 2 is 2.25 bits per heavy atom. The van der Waals surface area contributed by atoms with Crippen LogP contribution in [0, 0.1) is 0 Å². The van der Waals surface area contributed by atoms with Crippen molar-refractivity contribution in [3.8, 4) is 0 Å². The Morgan fingerprint density at radius 1 is 1.50 bits per heavy atom. The minimum Gasteiger partial charge on any atom is -0.342 e. The van der Waals surface area contributed by atoms with Crippen LogP contribution in [0.15, 0.2) is 15.9 Å². The van der Waals surface area contributed by atoms with E-state index in [1.54, 1.807) is 19.1 Å². The number of halogens is 1. The summed E-state index contributed by atoms with van der Waals surface area (Å²) in [4.78, 5) is 27.8. The molecule has 0 saturated carbocycles. The normalized spacial score (nSPS) is 9.88. The molecule has 0 bridgehead atoms. The van der Waals surface area contributed by atoms with Crippen molar-refractivity contribution in [2.45, 2.75) is 6.92 Å². The standard InChI is InChI=1S/C9H11BrN2O3S/c1-2-15-12-8(13)5-11-9(14)6-3-4-7(10)16-6/h3-4H,2,5H2,1H3,(H,11,14)(H,12,13). The van der Waals surface area contributed by atoms with Crippen LogP contribution >= 0.6 is 27.3 Å². The molecule has 0 spiro atoms. The Labute approximate surface area is 105 Å². The highest BCUT2D eigenvalue weighted by Crippen LogP contribution is 2.21. The number of thiophene rings is 1. The molecule has 7 heteroatoms. The Balaban J connectivity index is 2.33. The largest absolute Gasteiger partial charge is 0.342 e. The van der Waals surface area contributed by atoms with Crippen molar-refractivity contribution in [1.29, 1.82) is 0 Å².